The molecule has 24 heavy (non-hydrogen) atoms. The number of carbonyl (C=O) groups is 2. The molecular formula is C16H15F3N2O2S. The monoisotopic (exact) mass is 356 g/mol. The number of nitrogens with zero attached hydrogens (tertiary/aromatic N) is 1. The number of hydrogen-bond acceptors (Lipinski definition) is 3. The molecule has 1 aromatic carbocycles. The molecule has 1 aromatic rings. The molecule has 2 amide bonds. The Morgan fingerprint density at radius 2 is 1.92 bits per heavy atom. The van der Waals surface area contributed by atoms with Gasteiger partial charge in [-0.1, -0.05) is 11.8 Å². The second-order valence-corrected chi connectivity index (χ2v) is 6.74. The number of alkyl halides is 3. The molecule has 0 radical (unpaired) electrons. The largest absolute Gasteiger partial charge is 0.416 e. The molecule has 128 valence electrons. The van der Waals surface area contributed by atoms with Gasteiger partial charge < -0.3 is 10.2 Å². The highest BCUT2D eigenvalue weighted by molar-refractivity contribution is 8.04. The summed E-state index contributed by atoms with van der Waals surface area (Å²) in [6.07, 6.45) is -0.226. The summed E-state index contributed by atoms with van der Waals surface area (Å²) in [4.78, 5) is 26.7. The zero-order valence-electron chi connectivity index (χ0n) is 12.7. The molecule has 1 fully saturated rings. The number of halogens is 3. The summed E-state index contributed by atoms with van der Waals surface area (Å²) in [5, 5.41) is 2.43. The van der Waals surface area contributed by atoms with Crippen LogP contribution < -0.4 is 5.32 Å². The van der Waals surface area contributed by atoms with Crippen LogP contribution in [0.1, 0.15) is 24.8 Å². The third-order valence-electron chi connectivity index (χ3n) is 3.92. The summed E-state index contributed by atoms with van der Waals surface area (Å²) in [6, 6.07) is 3.18. The summed E-state index contributed by atoms with van der Waals surface area (Å²) < 4.78 is 38.2. The standard InChI is InChI=1S/C16H15F3N2O2S/c17-16(18,19)10-4-5-12-11(8-10)20-15(23)13(24-12)9-14(22)21-6-2-1-3-7-21/h4-5,8-9H,1-3,6-7H2,(H,20,23)/b13-9-. The van der Waals surface area contributed by atoms with Gasteiger partial charge in [-0.05, 0) is 37.5 Å². The summed E-state index contributed by atoms with van der Waals surface area (Å²) in [5.74, 6) is -0.792. The van der Waals surface area contributed by atoms with Crippen LogP contribution >= 0.6 is 11.8 Å². The normalized spacial score (nSPS) is 19.9. The van der Waals surface area contributed by atoms with Gasteiger partial charge in [0.1, 0.15) is 0 Å². The van der Waals surface area contributed by atoms with E-state index in [1.165, 1.54) is 12.1 Å². The van der Waals surface area contributed by atoms with Crippen molar-refractivity contribution in [3.63, 3.8) is 0 Å². The minimum atomic E-state index is -4.47. The molecular weight excluding hydrogens is 341 g/mol. The van der Waals surface area contributed by atoms with E-state index < -0.39 is 17.6 Å². The number of piperidine rings is 1. The number of amides is 2. The topological polar surface area (TPSA) is 49.4 Å². The second-order valence-electron chi connectivity index (χ2n) is 5.66. The van der Waals surface area contributed by atoms with E-state index in [0.29, 0.717) is 18.0 Å². The molecule has 2 aliphatic rings. The van der Waals surface area contributed by atoms with Crippen LogP contribution in [0.15, 0.2) is 34.1 Å². The maximum atomic E-state index is 12.7. The van der Waals surface area contributed by atoms with Crippen molar-refractivity contribution >= 4 is 29.3 Å². The molecule has 0 unspecified atom stereocenters. The van der Waals surface area contributed by atoms with Crippen molar-refractivity contribution in [1.82, 2.24) is 4.90 Å². The van der Waals surface area contributed by atoms with Crippen molar-refractivity contribution < 1.29 is 22.8 Å². The Hall–Kier alpha value is -1.96. The average Bonchev–Trinajstić information content (AvgIpc) is 2.55. The van der Waals surface area contributed by atoms with E-state index in [2.05, 4.69) is 5.32 Å². The first kappa shape index (κ1) is 16.9. The molecule has 2 heterocycles. The van der Waals surface area contributed by atoms with Crippen molar-refractivity contribution in [2.45, 2.75) is 30.3 Å². The van der Waals surface area contributed by atoms with Crippen LogP contribution in [0.4, 0.5) is 18.9 Å². The smallest absolute Gasteiger partial charge is 0.339 e. The van der Waals surface area contributed by atoms with Gasteiger partial charge >= 0.3 is 6.18 Å². The molecule has 0 atom stereocenters. The third-order valence-corrected chi connectivity index (χ3v) is 5.02. The Balaban J connectivity index is 1.80. The van der Waals surface area contributed by atoms with Gasteiger partial charge in [-0.25, -0.2) is 0 Å². The number of carbonyl (C=O) groups excluding carboxylic acids is 2. The summed E-state index contributed by atoms with van der Waals surface area (Å²) >= 11 is 1.01. The van der Waals surface area contributed by atoms with Crippen LogP contribution in [-0.2, 0) is 15.8 Å². The van der Waals surface area contributed by atoms with Crippen molar-refractivity contribution in [3.8, 4) is 0 Å². The molecule has 0 saturated carbocycles. The highest BCUT2D eigenvalue weighted by atomic mass is 32.2. The zero-order chi connectivity index (χ0) is 17.3. The lowest BCUT2D eigenvalue weighted by Crippen LogP contribution is -2.35. The van der Waals surface area contributed by atoms with Gasteiger partial charge in [0, 0.05) is 24.1 Å². The second kappa shape index (κ2) is 6.51. The average molecular weight is 356 g/mol. The van der Waals surface area contributed by atoms with Crippen LogP contribution in [0.25, 0.3) is 0 Å². The lowest BCUT2D eigenvalue weighted by atomic mass is 10.1. The zero-order valence-corrected chi connectivity index (χ0v) is 13.5. The number of benzene rings is 1. The van der Waals surface area contributed by atoms with Gasteiger partial charge in [0.15, 0.2) is 0 Å². The molecule has 3 rings (SSSR count). The van der Waals surface area contributed by atoms with Crippen LogP contribution in [0, 0.1) is 0 Å². The first-order chi connectivity index (χ1) is 11.3. The summed E-state index contributed by atoms with van der Waals surface area (Å²) in [5.41, 5.74) is -0.707. The first-order valence-electron chi connectivity index (χ1n) is 7.55. The lowest BCUT2D eigenvalue weighted by molar-refractivity contribution is -0.137. The lowest BCUT2D eigenvalue weighted by Gasteiger charge is -2.26. The number of fused-ring (bicyclic) bond motifs is 1. The van der Waals surface area contributed by atoms with E-state index in [9.17, 15) is 22.8 Å². The number of anilines is 1. The predicted molar refractivity (Wildman–Crippen MR) is 84.4 cm³/mol. The van der Waals surface area contributed by atoms with E-state index in [1.807, 2.05) is 0 Å². The quantitative estimate of drug-likeness (QED) is 0.782. The maximum Gasteiger partial charge on any atom is 0.416 e. The Morgan fingerprint density at radius 1 is 1.21 bits per heavy atom. The molecule has 0 bridgehead atoms. The van der Waals surface area contributed by atoms with Gasteiger partial charge in [0.25, 0.3) is 5.91 Å². The fourth-order valence-corrected chi connectivity index (χ4v) is 3.55. The van der Waals surface area contributed by atoms with E-state index in [4.69, 9.17) is 0 Å². The molecule has 8 heteroatoms. The molecule has 0 aliphatic carbocycles. The molecule has 4 nitrogen and oxygen atoms in total. The molecule has 1 N–H and O–H groups in total. The van der Waals surface area contributed by atoms with Gasteiger partial charge in [0.2, 0.25) is 5.91 Å². The van der Waals surface area contributed by atoms with Crippen molar-refractivity contribution in [2.75, 3.05) is 18.4 Å². The van der Waals surface area contributed by atoms with Crippen molar-refractivity contribution in [2.24, 2.45) is 0 Å². The molecule has 2 aliphatic heterocycles. The number of thioether (sulfide) groups is 1. The van der Waals surface area contributed by atoms with Gasteiger partial charge in [0.05, 0.1) is 16.2 Å². The minimum absolute atomic E-state index is 0.113. The van der Waals surface area contributed by atoms with E-state index >= 15 is 0 Å². The molecule has 1 saturated heterocycles. The van der Waals surface area contributed by atoms with Gasteiger partial charge in [-0.3, -0.25) is 9.59 Å². The number of rotatable bonds is 1. The van der Waals surface area contributed by atoms with E-state index in [0.717, 1.165) is 43.2 Å². The Bertz CT molecular complexity index is 710. The number of hydrogen-bond donors (Lipinski definition) is 1. The van der Waals surface area contributed by atoms with Gasteiger partial charge in [-0.2, -0.15) is 13.2 Å². The minimum Gasteiger partial charge on any atom is -0.339 e. The van der Waals surface area contributed by atoms with Crippen molar-refractivity contribution in [3.05, 3.63) is 34.7 Å². The fraction of sp³-hybridized carbons (Fsp3) is 0.375. The SMILES string of the molecule is O=C1Nc2cc(C(F)(F)F)ccc2S/C1=C\C(=O)N1CCCCC1. The van der Waals surface area contributed by atoms with Crippen LogP contribution in [0.3, 0.4) is 0 Å². The van der Waals surface area contributed by atoms with E-state index in [-0.39, 0.29) is 16.5 Å². The predicted octanol–water partition coefficient (Wildman–Crippen LogP) is 3.65. The fourth-order valence-electron chi connectivity index (χ4n) is 2.65. The highest BCUT2D eigenvalue weighted by Crippen LogP contribution is 2.41. The molecule has 0 aromatic heterocycles. The summed E-state index contributed by atoms with van der Waals surface area (Å²) in [7, 11) is 0. The Morgan fingerprint density at radius 3 is 2.58 bits per heavy atom. The number of nitrogens with one attached hydrogen (secondary N) is 1. The van der Waals surface area contributed by atoms with E-state index in [1.54, 1.807) is 4.90 Å². The maximum absolute atomic E-state index is 12.7. The van der Waals surface area contributed by atoms with Crippen LogP contribution in [-0.4, -0.2) is 29.8 Å². The third kappa shape index (κ3) is 3.58. The van der Waals surface area contributed by atoms with Crippen LogP contribution in [0.2, 0.25) is 0 Å². The molecule has 0 spiro atoms. The van der Waals surface area contributed by atoms with Crippen LogP contribution in [0.5, 0.6) is 0 Å². The first-order valence-corrected chi connectivity index (χ1v) is 8.37. The number of likely N-dealkylation sites (tertiary alicyclic amines) is 1. The Kier molecular flexibility index (Phi) is 4.58. The Labute approximate surface area is 141 Å². The van der Waals surface area contributed by atoms with Crippen molar-refractivity contribution in [1.29, 1.82) is 0 Å². The van der Waals surface area contributed by atoms with Gasteiger partial charge in [-0.15, -0.1) is 0 Å². The summed E-state index contributed by atoms with van der Waals surface area (Å²) in [6.45, 7) is 1.33. The highest BCUT2D eigenvalue weighted by Gasteiger charge is 2.32.